The summed E-state index contributed by atoms with van der Waals surface area (Å²) in [4.78, 5) is 0. The quantitative estimate of drug-likeness (QED) is 0.169. The van der Waals surface area contributed by atoms with Crippen LogP contribution < -0.4 is 0 Å². The van der Waals surface area contributed by atoms with E-state index in [9.17, 15) is 5.11 Å². The predicted octanol–water partition coefficient (Wildman–Crippen LogP) is 7.65. The number of aliphatic hydroxyl groups excluding tert-OH is 1. The summed E-state index contributed by atoms with van der Waals surface area (Å²) in [6.45, 7) is 16.0. The van der Waals surface area contributed by atoms with Gasteiger partial charge in [-0.3, -0.25) is 0 Å². The number of benzene rings is 3. The Labute approximate surface area is 310 Å². The van der Waals surface area contributed by atoms with E-state index in [4.69, 9.17) is 37.9 Å². The molecule has 0 spiro atoms. The zero-order valence-electron chi connectivity index (χ0n) is 30.0. The number of hydrogen-bond acceptors (Lipinski definition) is 9. The molecule has 6 rings (SSSR count). The van der Waals surface area contributed by atoms with Crippen LogP contribution in [-0.4, -0.2) is 74.6 Å². The maximum absolute atomic E-state index is 9.48. The fourth-order valence-corrected chi connectivity index (χ4v) is 6.65. The third kappa shape index (κ3) is 11.1. The Morgan fingerprint density at radius 3 is 1.67 bits per heavy atom. The lowest BCUT2D eigenvalue weighted by Crippen LogP contribution is -2.59. The van der Waals surface area contributed by atoms with Crippen LogP contribution in [0.2, 0.25) is 0 Å². The molecule has 284 valence electrons. The topological polar surface area (TPSA) is 94.1 Å². The monoisotopic (exact) mass is 718 g/mol. The molecule has 1 unspecified atom stereocenters. The van der Waals surface area contributed by atoms with Crippen LogP contribution in [0.25, 0.3) is 0 Å². The molecule has 3 fully saturated rings. The van der Waals surface area contributed by atoms with E-state index in [1.807, 2.05) is 91.0 Å². The number of ether oxygens (including phenoxy) is 8. The first-order valence-electron chi connectivity index (χ1n) is 17.9. The zero-order valence-corrected chi connectivity index (χ0v) is 30.0. The van der Waals surface area contributed by atoms with Gasteiger partial charge in [0.2, 0.25) is 0 Å². The summed E-state index contributed by atoms with van der Waals surface area (Å²) in [7, 11) is 0. The van der Waals surface area contributed by atoms with Crippen molar-refractivity contribution in [2.75, 3.05) is 26.4 Å². The highest BCUT2D eigenvalue weighted by Gasteiger charge is 2.49. The molecule has 0 saturated carbocycles. The fourth-order valence-electron chi connectivity index (χ4n) is 6.65. The van der Waals surface area contributed by atoms with E-state index in [1.165, 1.54) is 0 Å². The number of fused-ring (bicyclic) bond motifs is 1. The molecule has 0 aliphatic carbocycles. The van der Waals surface area contributed by atoms with Gasteiger partial charge in [0.1, 0.15) is 18.3 Å². The van der Waals surface area contributed by atoms with Crippen LogP contribution in [0.4, 0.5) is 0 Å². The van der Waals surface area contributed by atoms with Gasteiger partial charge >= 0.3 is 0 Å². The average Bonchev–Trinajstić information content (AvgIpc) is 3.18. The van der Waals surface area contributed by atoms with E-state index in [-0.39, 0.29) is 62.3 Å². The minimum absolute atomic E-state index is 0. The van der Waals surface area contributed by atoms with Crippen molar-refractivity contribution < 1.29 is 43.0 Å². The molecule has 0 bridgehead atoms. The standard InChI is InChI=1S/C24H28O5.C18H26O4.CH4/c1-3-14-25-24-22(26-15-18-10-6-4-7-11-18)17(2)21-20(28-24)16-27-23(29-21)19-12-8-5-9-13-19;1-4-10-20-18-17(14(3)13(2)16(11-19)22-18)21-12-15-8-6-5-7-9-15;/h3-13,17,20-24H,1,14-16H2,2H3;4-9,13-14,16-19H,1,10-12H2,2-3H3;1H4/t17-,20+,21-,22+,23?,24-;13-,14-,16+,17+,18-;/m00./s1. The highest BCUT2D eigenvalue weighted by Crippen LogP contribution is 2.38. The molecular weight excluding hydrogens is 660 g/mol. The van der Waals surface area contributed by atoms with Crippen LogP contribution >= 0.6 is 0 Å². The summed E-state index contributed by atoms with van der Waals surface area (Å²) < 4.78 is 48.3. The van der Waals surface area contributed by atoms with Crippen molar-refractivity contribution in [2.24, 2.45) is 17.8 Å². The minimum atomic E-state index is -0.492. The molecule has 3 saturated heterocycles. The number of hydrogen-bond donors (Lipinski definition) is 1. The summed E-state index contributed by atoms with van der Waals surface area (Å²) in [6.07, 6.45) is 1.05. The Hall–Kier alpha value is -3.22. The van der Waals surface area contributed by atoms with Crippen molar-refractivity contribution >= 4 is 0 Å². The molecule has 3 aromatic carbocycles. The average molecular weight is 719 g/mol. The molecular formula is C43H58O9. The van der Waals surface area contributed by atoms with Gasteiger partial charge in [-0.2, -0.15) is 0 Å². The molecule has 3 aliphatic heterocycles. The lowest BCUT2D eigenvalue weighted by atomic mass is 9.83. The van der Waals surface area contributed by atoms with Crippen LogP contribution in [0.3, 0.4) is 0 Å². The number of aliphatic hydroxyl groups is 1. The van der Waals surface area contributed by atoms with E-state index < -0.39 is 18.9 Å². The molecule has 1 N–H and O–H groups in total. The van der Waals surface area contributed by atoms with Crippen LogP contribution in [0.1, 0.15) is 51.2 Å². The van der Waals surface area contributed by atoms with Gasteiger partial charge in [0, 0.05) is 11.5 Å². The maximum atomic E-state index is 9.48. The normalized spacial score (nSPS) is 31.2. The van der Waals surface area contributed by atoms with Crippen LogP contribution in [-0.2, 0) is 51.1 Å². The molecule has 9 nitrogen and oxygen atoms in total. The lowest BCUT2D eigenvalue weighted by Gasteiger charge is -2.48. The first-order chi connectivity index (χ1) is 24.9. The predicted molar refractivity (Wildman–Crippen MR) is 201 cm³/mol. The zero-order chi connectivity index (χ0) is 36.0. The smallest absolute Gasteiger partial charge is 0.184 e. The van der Waals surface area contributed by atoms with E-state index >= 15 is 0 Å². The van der Waals surface area contributed by atoms with Crippen molar-refractivity contribution in [2.45, 2.75) is 90.8 Å². The van der Waals surface area contributed by atoms with Crippen LogP contribution in [0.15, 0.2) is 116 Å². The van der Waals surface area contributed by atoms with Crippen LogP contribution in [0.5, 0.6) is 0 Å². The lowest BCUT2D eigenvalue weighted by molar-refractivity contribution is -0.356. The van der Waals surface area contributed by atoms with E-state index in [0.717, 1.165) is 16.7 Å². The first kappa shape index (κ1) is 41.5. The van der Waals surface area contributed by atoms with Crippen molar-refractivity contribution in [1.82, 2.24) is 0 Å². The first-order valence-corrected chi connectivity index (χ1v) is 17.9. The van der Waals surface area contributed by atoms with E-state index in [0.29, 0.717) is 33.0 Å². The maximum Gasteiger partial charge on any atom is 0.184 e. The third-order valence-corrected chi connectivity index (χ3v) is 9.76. The molecule has 52 heavy (non-hydrogen) atoms. The van der Waals surface area contributed by atoms with E-state index in [1.54, 1.807) is 12.2 Å². The second-order valence-electron chi connectivity index (χ2n) is 13.3. The van der Waals surface area contributed by atoms with Gasteiger partial charge in [-0.1, -0.05) is 131 Å². The third-order valence-electron chi connectivity index (χ3n) is 9.76. The molecule has 11 atom stereocenters. The summed E-state index contributed by atoms with van der Waals surface area (Å²) >= 11 is 0. The summed E-state index contributed by atoms with van der Waals surface area (Å²) in [5, 5.41) is 9.48. The van der Waals surface area contributed by atoms with Gasteiger partial charge in [0.25, 0.3) is 0 Å². The Morgan fingerprint density at radius 2 is 1.15 bits per heavy atom. The molecule has 3 aromatic rings. The molecule has 0 aromatic heterocycles. The second kappa shape index (κ2) is 21.5. The molecule has 3 aliphatic rings. The SMILES string of the molecule is C.C=CCO[C@H]1O[C@@H]2COC(c3ccccc3)O[C@H]2[C@H](C)[C@H]1OCc1ccccc1.C=CCO[C@H]1O[C@H](CO)[C@@H](C)[C@H](C)[C@H]1OCc1ccccc1. The van der Waals surface area contributed by atoms with Gasteiger partial charge in [0.05, 0.1) is 51.8 Å². The Balaban J connectivity index is 0.000000237. The Morgan fingerprint density at radius 1 is 0.654 bits per heavy atom. The number of rotatable bonds is 14. The van der Waals surface area contributed by atoms with E-state index in [2.05, 4.69) is 33.9 Å². The van der Waals surface area contributed by atoms with Crippen molar-refractivity contribution in [3.63, 3.8) is 0 Å². The summed E-state index contributed by atoms with van der Waals surface area (Å²) in [5.41, 5.74) is 3.23. The van der Waals surface area contributed by atoms with Crippen molar-refractivity contribution in [3.05, 3.63) is 133 Å². The van der Waals surface area contributed by atoms with Gasteiger partial charge in [-0.05, 0) is 23.0 Å². The highest BCUT2D eigenvalue weighted by atomic mass is 16.8. The van der Waals surface area contributed by atoms with Crippen molar-refractivity contribution in [1.29, 1.82) is 0 Å². The van der Waals surface area contributed by atoms with Gasteiger partial charge in [-0.15, -0.1) is 13.2 Å². The fraction of sp³-hybridized carbons (Fsp3) is 0.488. The molecule has 3 heterocycles. The molecule has 0 radical (unpaired) electrons. The highest BCUT2D eigenvalue weighted by molar-refractivity contribution is 5.17. The Kier molecular flexibility index (Phi) is 17.2. The van der Waals surface area contributed by atoms with Crippen LogP contribution in [0, 0.1) is 17.8 Å². The van der Waals surface area contributed by atoms with Crippen molar-refractivity contribution in [3.8, 4) is 0 Å². The minimum Gasteiger partial charge on any atom is -0.394 e. The largest absolute Gasteiger partial charge is 0.394 e. The molecule has 9 heteroatoms. The van der Waals surface area contributed by atoms with Gasteiger partial charge in [0.15, 0.2) is 18.9 Å². The molecule has 0 amide bonds. The second-order valence-corrected chi connectivity index (χ2v) is 13.3. The Bertz CT molecular complexity index is 1420. The van der Waals surface area contributed by atoms with Gasteiger partial charge < -0.3 is 43.0 Å². The summed E-state index contributed by atoms with van der Waals surface area (Å²) in [5.74, 6) is 0.501. The van der Waals surface area contributed by atoms with Gasteiger partial charge in [-0.25, -0.2) is 0 Å². The summed E-state index contributed by atoms with van der Waals surface area (Å²) in [6, 6.07) is 30.1.